The average Bonchev–Trinajstić information content (AvgIpc) is 2.45. The Morgan fingerprint density at radius 1 is 1.19 bits per heavy atom. The molecule has 1 fully saturated rings. The fourth-order valence-corrected chi connectivity index (χ4v) is 2.77. The molecule has 0 aromatic heterocycles. The van der Waals surface area contributed by atoms with Crippen molar-refractivity contribution < 1.29 is 9.13 Å². The molecule has 0 aliphatic carbocycles. The zero-order valence-corrected chi connectivity index (χ0v) is 13.4. The van der Waals surface area contributed by atoms with Gasteiger partial charge in [0, 0.05) is 32.2 Å². The largest absolute Gasteiger partial charge is 0.488 e. The molecule has 0 unspecified atom stereocenters. The first-order valence-corrected chi connectivity index (χ1v) is 7.79. The molecule has 21 heavy (non-hydrogen) atoms. The zero-order valence-electron chi connectivity index (χ0n) is 13.4. The van der Waals surface area contributed by atoms with Gasteiger partial charge in [0.2, 0.25) is 0 Å². The van der Waals surface area contributed by atoms with Crippen molar-refractivity contribution in [2.24, 2.45) is 0 Å². The first kappa shape index (κ1) is 16.2. The number of hydrogen-bond donors (Lipinski definition) is 1. The van der Waals surface area contributed by atoms with Gasteiger partial charge < -0.3 is 10.1 Å². The van der Waals surface area contributed by atoms with E-state index in [0.717, 1.165) is 31.9 Å². The van der Waals surface area contributed by atoms with Gasteiger partial charge in [0.1, 0.15) is 11.4 Å². The Morgan fingerprint density at radius 2 is 1.81 bits per heavy atom. The van der Waals surface area contributed by atoms with Crippen molar-refractivity contribution >= 4 is 0 Å². The van der Waals surface area contributed by atoms with Crippen molar-refractivity contribution in [3.63, 3.8) is 0 Å². The first-order chi connectivity index (χ1) is 9.99. The second-order valence-electron chi connectivity index (χ2n) is 6.56. The number of ether oxygens (including phenoxy) is 1. The van der Waals surface area contributed by atoms with Gasteiger partial charge in [0.05, 0.1) is 6.67 Å². The van der Waals surface area contributed by atoms with Crippen molar-refractivity contribution in [1.82, 2.24) is 10.2 Å². The van der Waals surface area contributed by atoms with Gasteiger partial charge in [-0.1, -0.05) is 12.1 Å². The van der Waals surface area contributed by atoms with Crippen LogP contribution in [0.15, 0.2) is 24.3 Å². The van der Waals surface area contributed by atoms with Crippen LogP contribution in [-0.4, -0.2) is 43.4 Å². The molecule has 1 aromatic carbocycles. The lowest BCUT2D eigenvalue weighted by Gasteiger charge is -2.35. The summed E-state index contributed by atoms with van der Waals surface area (Å²) in [7, 11) is 0. The quantitative estimate of drug-likeness (QED) is 0.903. The van der Waals surface area contributed by atoms with E-state index in [1.165, 1.54) is 5.56 Å². The Bertz CT molecular complexity index is 421. The minimum atomic E-state index is -0.283. The summed E-state index contributed by atoms with van der Waals surface area (Å²) in [5, 5.41) is 3.34. The van der Waals surface area contributed by atoms with E-state index in [1.54, 1.807) is 0 Å². The molecule has 1 aliphatic heterocycles. The Balaban J connectivity index is 2.09. The summed E-state index contributed by atoms with van der Waals surface area (Å²) >= 11 is 0. The molecular formula is C17H27FN2O. The summed E-state index contributed by atoms with van der Waals surface area (Å²) in [5.74, 6) is 0.866. The summed E-state index contributed by atoms with van der Waals surface area (Å²) in [6, 6.07) is 8.30. The third-order valence-corrected chi connectivity index (χ3v) is 3.66. The predicted octanol–water partition coefficient (Wildman–Crippen LogP) is 3.17. The third-order valence-electron chi connectivity index (χ3n) is 3.66. The Labute approximate surface area is 127 Å². The summed E-state index contributed by atoms with van der Waals surface area (Å²) < 4.78 is 18.8. The van der Waals surface area contributed by atoms with Crippen LogP contribution in [0.1, 0.15) is 38.8 Å². The fraction of sp³-hybridized carbons (Fsp3) is 0.647. The Hall–Kier alpha value is -1.13. The highest BCUT2D eigenvalue weighted by molar-refractivity contribution is 5.29. The van der Waals surface area contributed by atoms with Crippen LogP contribution in [0.3, 0.4) is 0 Å². The van der Waals surface area contributed by atoms with Gasteiger partial charge in [0.25, 0.3) is 0 Å². The third kappa shape index (κ3) is 4.97. The van der Waals surface area contributed by atoms with Gasteiger partial charge >= 0.3 is 0 Å². The van der Waals surface area contributed by atoms with Crippen LogP contribution in [-0.2, 0) is 0 Å². The molecule has 3 nitrogen and oxygen atoms in total. The SMILES string of the molecule is CC(C)(C)Oc1ccc([C@@H](CCF)N2CCNCC2)cc1. The van der Waals surface area contributed by atoms with E-state index in [-0.39, 0.29) is 18.3 Å². The molecule has 0 saturated carbocycles. The molecule has 1 saturated heterocycles. The van der Waals surface area contributed by atoms with E-state index in [9.17, 15) is 4.39 Å². The summed E-state index contributed by atoms with van der Waals surface area (Å²) in [5.41, 5.74) is 0.981. The first-order valence-electron chi connectivity index (χ1n) is 7.79. The predicted molar refractivity (Wildman–Crippen MR) is 84.6 cm³/mol. The van der Waals surface area contributed by atoms with Crippen molar-refractivity contribution in [3.05, 3.63) is 29.8 Å². The van der Waals surface area contributed by atoms with E-state index in [0.29, 0.717) is 6.42 Å². The fourth-order valence-electron chi connectivity index (χ4n) is 2.77. The lowest BCUT2D eigenvalue weighted by molar-refractivity contribution is 0.130. The molecular weight excluding hydrogens is 267 g/mol. The van der Waals surface area contributed by atoms with E-state index in [4.69, 9.17) is 4.74 Å². The smallest absolute Gasteiger partial charge is 0.120 e. The molecule has 2 rings (SSSR count). The standard InChI is InChI=1S/C17H27FN2O/c1-17(2,3)21-15-6-4-14(5-7-15)16(8-9-18)20-12-10-19-11-13-20/h4-7,16,19H,8-13H2,1-3H3/t16-/m1/s1. The van der Waals surface area contributed by atoms with Gasteiger partial charge in [-0.05, 0) is 44.9 Å². The van der Waals surface area contributed by atoms with Crippen LogP contribution >= 0.6 is 0 Å². The number of nitrogens with one attached hydrogen (secondary N) is 1. The van der Waals surface area contributed by atoms with Crippen LogP contribution in [0.25, 0.3) is 0 Å². The van der Waals surface area contributed by atoms with Gasteiger partial charge in [-0.3, -0.25) is 9.29 Å². The van der Waals surface area contributed by atoms with Crippen LogP contribution in [0, 0.1) is 0 Å². The highest BCUT2D eigenvalue weighted by Crippen LogP contribution is 2.27. The molecule has 0 bridgehead atoms. The molecule has 1 aromatic rings. The molecule has 1 atom stereocenters. The van der Waals surface area contributed by atoms with Crippen molar-refractivity contribution in [3.8, 4) is 5.75 Å². The van der Waals surface area contributed by atoms with Gasteiger partial charge in [-0.15, -0.1) is 0 Å². The topological polar surface area (TPSA) is 24.5 Å². The van der Waals surface area contributed by atoms with Crippen molar-refractivity contribution in [1.29, 1.82) is 0 Å². The Kier molecular flexibility index (Phi) is 5.59. The molecule has 4 heteroatoms. The number of benzene rings is 1. The minimum Gasteiger partial charge on any atom is -0.488 e. The van der Waals surface area contributed by atoms with Gasteiger partial charge in [-0.2, -0.15) is 0 Å². The normalized spacial score (nSPS) is 18.5. The highest BCUT2D eigenvalue weighted by Gasteiger charge is 2.22. The molecule has 0 spiro atoms. The summed E-state index contributed by atoms with van der Waals surface area (Å²) in [6.45, 7) is 9.74. The second kappa shape index (κ2) is 7.23. The maximum absolute atomic E-state index is 12.9. The zero-order chi connectivity index (χ0) is 15.3. The van der Waals surface area contributed by atoms with E-state index in [2.05, 4.69) is 22.3 Å². The number of rotatable bonds is 5. The van der Waals surface area contributed by atoms with Crippen LogP contribution < -0.4 is 10.1 Å². The minimum absolute atomic E-state index is 0.167. The molecule has 0 amide bonds. The lowest BCUT2D eigenvalue weighted by atomic mass is 10.0. The van der Waals surface area contributed by atoms with Crippen LogP contribution in [0.5, 0.6) is 5.75 Å². The van der Waals surface area contributed by atoms with Crippen LogP contribution in [0.4, 0.5) is 4.39 Å². The summed E-state index contributed by atoms with van der Waals surface area (Å²) in [6.07, 6.45) is 0.555. The number of hydrogen-bond acceptors (Lipinski definition) is 3. The van der Waals surface area contributed by atoms with E-state index >= 15 is 0 Å². The lowest BCUT2D eigenvalue weighted by Crippen LogP contribution is -2.45. The number of alkyl halides is 1. The highest BCUT2D eigenvalue weighted by atomic mass is 19.1. The second-order valence-corrected chi connectivity index (χ2v) is 6.56. The monoisotopic (exact) mass is 294 g/mol. The number of piperazine rings is 1. The average molecular weight is 294 g/mol. The van der Waals surface area contributed by atoms with Crippen molar-refractivity contribution in [2.45, 2.75) is 38.8 Å². The number of nitrogens with zero attached hydrogens (tertiary/aromatic N) is 1. The van der Waals surface area contributed by atoms with E-state index < -0.39 is 0 Å². The molecule has 1 N–H and O–H groups in total. The van der Waals surface area contributed by atoms with Gasteiger partial charge in [0.15, 0.2) is 0 Å². The van der Waals surface area contributed by atoms with E-state index in [1.807, 2.05) is 32.9 Å². The van der Waals surface area contributed by atoms with Gasteiger partial charge in [-0.25, -0.2) is 0 Å². The molecule has 0 radical (unpaired) electrons. The Morgan fingerprint density at radius 3 is 2.33 bits per heavy atom. The van der Waals surface area contributed by atoms with Crippen LogP contribution in [0.2, 0.25) is 0 Å². The summed E-state index contributed by atoms with van der Waals surface area (Å²) in [4.78, 5) is 2.37. The molecule has 118 valence electrons. The maximum atomic E-state index is 12.9. The molecule has 1 aliphatic rings. The number of halogens is 1. The maximum Gasteiger partial charge on any atom is 0.120 e. The molecule has 1 heterocycles. The van der Waals surface area contributed by atoms with Crippen molar-refractivity contribution in [2.75, 3.05) is 32.9 Å².